The van der Waals surface area contributed by atoms with E-state index in [2.05, 4.69) is 0 Å². The summed E-state index contributed by atoms with van der Waals surface area (Å²) in [4.78, 5) is 11.9. The largest absolute Gasteiger partial charge is 0.497 e. The fourth-order valence-corrected chi connectivity index (χ4v) is 4.75. The molecule has 7 heteroatoms. The highest BCUT2D eigenvalue weighted by Crippen LogP contribution is 2.64. The number of rotatable bonds is 4. The molecule has 2 aromatic rings. The molecule has 5 atom stereocenters. The summed E-state index contributed by atoms with van der Waals surface area (Å²) in [7, 11) is 1.56. The molecule has 0 radical (unpaired) electrons. The molecule has 1 heterocycles. The predicted octanol–water partition coefficient (Wildman–Crippen LogP) is 3.09. The molecule has 27 heavy (non-hydrogen) atoms. The summed E-state index contributed by atoms with van der Waals surface area (Å²) in [6.07, 6.45) is -0.849. The summed E-state index contributed by atoms with van der Waals surface area (Å²) >= 11 is 0. The molecule has 6 nitrogen and oxygen atoms in total. The zero-order chi connectivity index (χ0) is 19.2. The van der Waals surface area contributed by atoms with Crippen LogP contribution in [0.1, 0.15) is 29.4 Å². The Kier molecular flexibility index (Phi) is 4.36. The van der Waals surface area contributed by atoms with Crippen molar-refractivity contribution in [1.82, 2.24) is 0 Å². The zero-order valence-corrected chi connectivity index (χ0v) is 14.7. The lowest BCUT2D eigenvalue weighted by Gasteiger charge is -2.57. The van der Waals surface area contributed by atoms with Gasteiger partial charge in [0, 0.05) is 23.2 Å². The molecular formula is C20H20FNO5. The van der Waals surface area contributed by atoms with Crippen LogP contribution in [0.2, 0.25) is 0 Å². The normalized spacial score (nSPS) is 32.3. The van der Waals surface area contributed by atoms with E-state index in [1.807, 2.05) is 12.1 Å². The lowest BCUT2D eigenvalue weighted by molar-refractivity contribution is -0.620. The highest BCUT2D eigenvalue weighted by atomic mass is 19.1. The molecule has 2 aliphatic rings. The Morgan fingerprint density at radius 1 is 1.19 bits per heavy atom. The molecule has 0 spiro atoms. The predicted molar refractivity (Wildman–Crippen MR) is 94.7 cm³/mol. The maximum Gasteiger partial charge on any atom is 0.256 e. The molecule has 4 rings (SSSR count). The van der Waals surface area contributed by atoms with Crippen molar-refractivity contribution < 1.29 is 23.9 Å². The van der Waals surface area contributed by atoms with Gasteiger partial charge in [-0.3, -0.25) is 10.1 Å². The Bertz CT molecular complexity index is 840. The Balaban J connectivity index is 1.81. The Hall–Kier alpha value is -2.51. The molecular weight excluding hydrogens is 353 g/mol. The third-order valence-electron chi connectivity index (χ3n) is 6.01. The van der Waals surface area contributed by atoms with E-state index in [4.69, 9.17) is 9.47 Å². The molecule has 0 aromatic heterocycles. The van der Waals surface area contributed by atoms with Crippen LogP contribution >= 0.6 is 0 Å². The second-order valence-corrected chi connectivity index (χ2v) is 7.18. The maximum atomic E-state index is 13.4. The van der Waals surface area contributed by atoms with E-state index < -0.39 is 23.7 Å². The average Bonchev–Trinajstić information content (AvgIpc) is 2.66. The number of hydrogen-bond acceptors (Lipinski definition) is 5. The van der Waals surface area contributed by atoms with Gasteiger partial charge in [-0.2, -0.15) is 0 Å². The second kappa shape index (κ2) is 6.58. The lowest BCUT2D eigenvalue weighted by atomic mass is 9.46. The summed E-state index contributed by atoms with van der Waals surface area (Å²) < 4.78 is 23.9. The van der Waals surface area contributed by atoms with E-state index in [-0.39, 0.29) is 29.7 Å². The van der Waals surface area contributed by atoms with Gasteiger partial charge in [0.2, 0.25) is 0 Å². The standard InChI is InChI=1S/C20H20FNO5/c1-26-15-8-4-13(5-9-15)19-18(12-2-6-14(21)7-3-12)16-10-17(23)27-11-20(16,19)22(24)25/h2-9,16-19,23H,10-11H2,1H3/t16-,17?,18-,19+,20+/m0/s1. The van der Waals surface area contributed by atoms with Crippen LogP contribution in [0.3, 0.4) is 0 Å². The number of benzene rings is 2. The van der Waals surface area contributed by atoms with Crippen molar-refractivity contribution in [3.63, 3.8) is 0 Å². The number of aliphatic hydroxyl groups is 1. The Morgan fingerprint density at radius 2 is 1.81 bits per heavy atom. The summed E-state index contributed by atoms with van der Waals surface area (Å²) in [6, 6.07) is 13.3. The minimum Gasteiger partial charge on any atom is -0.497 e. The SMILES string of the molecule is COc1ccc([C@@H]2[C@@H](c3ccc(F)cc3)[C@@H]3CC(O)OC[C@]23[N+](=O)[O-])cc1. The maximum absolute atomic E-state index is 13.4. The third kappa shape index (κ3) is 2.69. The number of ether oxygens (including phenoxy) is 2. The van der Waals surface area contributed by atoms with E-state index in [0.29, 0.717) is 5.75 Å². The first kappa shape index (κ1) is 17.9. The van der Waals surface area contributed by atoms with Crippen molar-refractivity contribution in [2.45, 2.75) is 30.1 Å². The molecule has 1 aliphatic carbocycles. The molecule has 1 saturated carbocycles. The fraction of sp³-hybridized carbons (Fsp3) is 0.400. The molecule has 142 valence electrons. The second-order valence-electron chi connectivity index (χ2n) is 7.18. The average molecular weight is 373 g/mol. The lowest BCUT2D eigenvalue weighted by Crippen LogP contribution is -2.69. The molecule has 0 bridgehead atoms. The number of aliphatic hydroxyl groups excluding tert-OH is 1. The molecule has 1 N–H and O–H groups in total. The van der Waals surface area contributed by atoms with Crippen molar-refractivity contribution in [1.29, 1.82) is 0 Å². The van der Waals surface area contributed by atoms with Gasteiger partial charge in [0.1, 0.15) is 18.2 Å². The van der Waals surface area contributed by atoms with E-state index in [9.17, 15) is 19.6 Å². The summed E-state index contributed by atoms with van der Waals surface area (Å²) in [6.45, 7) is -0.153. The van der Waals surface area contributed by atoms with Crippen molar-refractivity contribution in [3.05, 3.63) is 75.6 Å². The van der Waals surface area contributed by atoms with Crippen molar-refractivity contribution in [3.8, 4) is 5.75 Å². The minimum absolute atomic E-state index is 0.153. The number of methoxy groups -OCH3 is 1. The van der Waals surface area contributed by atoms with Gasteiger partial charge in [-0.25, -0.2) is 4.39 Å². The first-order valence-electron chi connectivity index (χ1n) is 8.81. The van der Waals surface area contributed by atoms with Gasteiger partial charge < -0.3 is 14.6 Å². The zero-order valence-electron chi connectivity index (χ0n) is 14.7. The van der Waals surface area contributed by atoms with Gasteiger partial charge >= 0.3 is 0 Å². The van der Waals surface area contributed by atoms with E-state index in [0.717, 1.165) is 11.1 Å². The van der Waals surface area contributed by atoms with Crippen LogP contribution < -0.4 is 4.74 Å². The molecule has 1 unspecified atom stereocenters. The minimum atomic E-state index is -1.31. The van der Waals surface area contributed by atoms with Gasteiger partial charge in [-0.15, -0.1) is 0 Å². The smallest absolute Gasteiger partial charge is 0.256 e. The summed E-state index contributed by atoms with van der Waals surface area (Å²) in [5.74, 6) is -0.733. The quantitative estimate of drug-likeness (QED) is 0.658. The summed E-state index contributed by atoms with van der Waals surface area (Å²) in [5.41, 5.74) is 0.319. The van der Waals surface area contributed by atoms with Crippen LogP contribution in [0.5, 0.6) is 5.75 Å². The van der Waals surface area contributed by atoms with E-state index in [1.54, 1.807) is 31.4 Å². The van der Waals surface area contributed by atoms with Crippen molar-refractivity contribution in [2.24, 2.45) is 5.92 Å². The van der Waals surface area contributed by atoms with Crippen LogP contribution in [0.15, 0.2) is 48.5 Å². The van der Waals surface area contributed by atoms with Crippen LogP contribution in [-0.4, -0.2) is 35.6 Å². The van der Waals surface area contributed by atoms with Crippen molar-refractivity contribution >= 4 is 0 Å². The third-order valence-corrected chi connectivity index (χ3v) is 6.01. The Morgan fingerprint density at radius 3 is 2.41 bits per heavy atom. The fourth-order valence-electron chi connectivity index (χ4n) is 4.75. The molecule has 1 saturated heterocycles. The van der Waals surface area contributed by atoms with Gasteiger partial charge in [0.05, 0.1) is 13.0 Å². The number of halogens is 1. The summed E-state index contributed by atoms with van der Waals surface area (Å²) in [5, 5.41) is 22.1. The first-order valence-corrected chi connectivity index (χ1v) is 8.81. The number of nitrogens with zero attached hydrogens (tertiary/aromatic N) is 1. The van der Waals surface area contributed by atoms with Gasteiger partial charge in [0.25, 0.3) is 5.54 Å². The Labute approximate surface area is 155 Å². The molecule has 2 aromatic carbocycles. The highest BCUT2D eigenvalue weighted by molar-refractivity contribution is 5.42. The van der Waals surface area contributed by atoms with Crippen molar-refractivity contribution in [2.75, 3.05) is 13.7 Å². The van der Waals surface area contributed by atoms with Crippen LogP contribution in [-0.2, 0) is 4.74 Å². The number of hydrogen-bond donors (Lipinski definition) is 1. The highest BCUT2D eigenvalue weighted by Gasteiger charge is 2.73. The van der Waals surface area contributed by atoms with Gasteiger partial charge in [0.15, 0.2) is 6.29 Å². The first-order chi connectivity index (χ1) is 13.0. The van der Waals surface area contributed by atoms with Crippen LogP contribution in [0.25, 0.3) is 0 Å². The molecule has 2 fully saturated rings. The van der Waals surface area contributed by atoms with Crippen LogP contribution in [0.4, 0.5) is 4.39 Å². The van der Waals surface area contributed by atoms with E-state index in [1.165, 1.54) is 12.1 Å². The van der Waals surface area contributed by atoms with Gasteiger partial charge in [-0.05, 0) is 35.4 Å². The number of fused-ring (bicyclic) bond motifs is 1. The number of nitro groups is 1. The van der Waals surface area contributed by atoms with Gasteiger partial charge in [-0.1, -0.05) is 24.3 Å². The molecule has 0 amide bonds. The van der Waals surface area contributed by atoms with E-state index >= 15 is 0 Å². The molecule has 1 aliphatic heterocycles. The topological polar surface area (TPSA) is 81.8 Å². The van der Waals surface area contributed by atoms with Crippen LogP contribution in [0, 0.1) is 21.8 Å². The monoisotopic (exact) mass is 373 g/mol.